The van der Waals surface area contributed by atoms with Crippen LogP contribution in [0.5, 0.6) is 0 Å². The summed E-state index contributed by atoms with van der Waals surface area (Å²) in [5, 5.41) is 0. The van der Waals surface area contributed by atoms with Crippen LogP contribution in [0, 0.1) is 5.92 Å². The van der Waals surface area contributed by atoms with E-state index in [1.807, 2.05) is 80.5 Å². The van der Waals surface area contributed by atoms with Gasteiger partial charge in [-0.15, -0.1) is 0 Å². The van der Waals surface area contributed by atoms with Crippen LogP contribution in [0.4, 0.5) is 5.69 Å². The van der Waals surface area contributed by atoms with Gasteiger partial charge in [0.1, 0.15) is 0 Å². The molecule has 1 fully saturated rings. The predicted octanol–water partition coefficient (Wildman–Crippen LogP) is 3.84. The third-order valence-electron chi connectivity index (χ3n) is 5.71. The zero-order valence-corrected chi connectivity index (χ0v) is 17.7. The molecule has 1 unspecified atom stereocenters. The normalized spacial score (nSPS) is 18.6. The second-order valence-corrected chi connectivity index (χ2v) is 7.92. The lowest BCUT2D eigenvalue weighted by atomic mass is 9.94. The Labute approximate surface area is 173 Å². The number of benzene rings is 2. The van der Waals surface area contributed by atoms with E-state index in [0.717, 1.165) is 16.8 Å². The van der Waals surface area contributed by atoms with Gasteiger partial charge in [0, 0.05) is 39.4 Å². The largest absolute Gasteiger partial charge is 0.378 e. The molecule has 0 spiro atoms. The third-order valence-corrected chi connectivity index (χ3v) is 5.71. The van der Waals surface area contributed by atoms with E-state index in [2.05, 4.69) is 0 Å². The number of anilines is 1. The molecule has 154 valence electrons. The van der Waals surface area contributed by atoms with E-state index >= 15 is 0 Å². The summed E-state index contributed by atoms with van der Waals surface area (Å²) in [6.07, 6.45) is 1.43. The standard InChI is InChI=1S/C24H30N2O3/c1-17(23(29-4)19-10-12-20(13-11-19)25(2)3)24(28)26-21(14-15-22(26)27)16-18-8-6-5-7-9-18/h5-13,17,21,23H,14-16H2,1-4H3/t17-,21+,23?/m0/s1. The summed E-state index contributed by atoms with van der Waals surface area (Å²) in [6, 6.07) is 17.9. The summed E-state index contributed by atoms with van der Waals surface area (Å²) in [6.45, 7) is 1.85. The van der Waals surface area contributed by atoms with E-state index < -0.39 is 12.0 Å². The van der Waals surface area contributed by atoms with Crippen LogP contribution < -0.4 is 4.90 Å². The first-order valence-corrected chi connectivity index (χ1v) is 10.1. The second kappa shape index (κ2) is 9.23. The van der Waals surface area contributed by atoms with Crippen molar-refractivity contribution < 1.29 is 14.3 Å². The van der Waals surface area contributed by atoms with Crippen molar-refractivity contribution in [2.24, 2.45) is 5.92 Å². The Bertz CT molecular complexity index is 833. The van der Waals surface area contributed by atoms with Gasteiger partial charge in [-0.3, -0.25) is 14.5 Å². The van der Waals surface area contributed by atoms with Crippen molar-refractivity contribution in [1.29, 1.82) is 0 Å². The molecule has 2 aromatic carbocycles. The van der Waals surface area contributed by atoms with Crippen molar-refractivity contribution in [3.05, 3.63) is 65.7 Å². The fourth-order valence-corrected chi connectivity index (χ4v) is 4.07. The maximum absolute atomic E-state index is 13.3. The minimum atomic E-state index is -0.453. The van der Waals surface area contributed by atoms with Crippen molar-refractivity contribution in [2.75, 3.05) is 26.1 Å². The Morgan fingerprint density at radius 3 is 2.38 bits per heavy atom. The lowest BCUT2D eigenvalue weighted by molar-refractivity contribution is -0.149. The van der Waals surface area contributed by atoms with Crippen LogP contribution in [0.2, 0.25) is 0 Å². The van der Waals surface area contributed by atoms with Crippen LogP contribution in [0.25, 0.3) is 0 Å². The summed E-state index contributed by atoms with van der Waals surface area (Å²) < 4.78 is 5.70. The van der Waals surface area contributed by atoms with Gasteiger partial charge in [0.2, 0.25) is 11.8 Å². The zero-order chi connectivity index (χ0) is 21.0. The smallest absolute Gasteiger partial charge is 0.235 e. The lowest BCUT2D eigenvalue weighted by Gasteiger charge is -2.30. The SMILES string of the molecule is COC(c1ccc(N(C)C)cc1)[C@H](C)C(=O)N1C(=O)CC[C@@H]1Cc1ccccc1. The number of hydrogen-bond donors (Lipinski definition) is 0. The summed E-state index contributed by atoms with van der Waals surface area (Å²) in [7, 11) is 5.59. The molecular weight excluding hydrogens is 364 g/mol. The Balaban J connectivity index is 1.77. The molecule has 5 nitrogen and oxygen atoms in total. The zero-order valence-electron chi connectivity index (χ0n) is 17.7. The monoisotopic (exact) mass is 394 g/mol. The number of imide groups is 1. The molecule has 1 aliphatic rings. The fourth-order valence-electron chi connectivity index (χ4n) is 4.07. The van der Waals surface area contributed by atoms with Crippen LogP contribution in [-0.2, 0) is 20.7 Å². The van der Waals surface area contributed by atoms with Crippen LogP contribution in [0.1, 0.15) is 37.0 Å². The maximum Gasteiger partial charge on any atom is 0.235 e. The van der Waals surface area contributed by atoms with Gasteiger partial charge in [-0.25, -0.2) is 0 Å². The highest BCUT2D eigenvalue weighted by Gasteiger charge is 2.40. The van der Waals surface area contributed by atoms with E-state index in [1.165, 1.54) is 4.90 Å². The summed E-state index contributed by atoms with van der Waals surface area (Å²) in [5.74, 6) is -0.692. The number of likely N-dealkylation sites (tertiary alicyclic amines) is 1. The van der Waals surface area contributed by atoms with E-state index in [9.17, 15) is 9.59 Å². The minimum absolute atomic E-state index is 0.0828. The molecule has 0 bridgehead atoms. The molecule has 29 heavy (non-hydrogen) atoms. The van der Waals surface area contributed by atoms with Crippen LogP contribution in [0.3, 0.4) is 0 Å². The second-order valence-electron chi connectivity index (χ2n) is 7.92. The van der Waals surface area contributed by atoms with Gasteiger partial charge >= 0.3 is 0 Å². The molecular formula is C24H30N2O3. The first-order valence-electron chi connectivity index (χ1n) is 10.1. The first-order chi connectivity index (χ1) is 13.9. The number of rotatable bonds is 7. The molecule has 1 aliphatic heterocycles. The number of carbonyl (C=O) groups excluding carboxylic acids is 2. The topological polar surface area (TPSA) is 49.9 Å². The predicted molar refractivity (Wildman–Crippen MR) is 115 cm³/mol. The Hall–Kier alpha value is -2.66. The quantitative estimate of drug-likeness (QED) is 0.716. The molecule has 3 atom stereocenters. The van der Waals surface area contributed by atoms with Crippen molar-refractivity contribution in [3.8, 4) is 0 Å². The van der Waals surface area contributed by atoms with E-state index in [-0.39, 0.29) is 17.9 Å². The van der Waals surface area contributed by atoms with Crippen molar-refractivity contribution in [2.45, 2.75) is 38.3 Å². The molecule has 2 amide bonds. The molecule has 1 saturated heterocycles. The highest BCUT2D eigenvalue weighted by molar-refractivity contribution is 5.98. The number of hydrogen-bond acceptors (Lipinski definition) is 4. The molecule has 0 aromatic heterocycles. The van der Waals surface area contributed by atoms with Gasteiger partial charge in [-0.1, -0.05) is 49.4 Å². The van der Waals surface area contributed by atoms with Crippen molar-refractivity contribution in [3.63, 3.8) is 0 Å². The highest BCUT2D eigenvalue weighted by atomic mass is 16.5. The van der Waals surface area contributed by atoms with Gasteiger partial charge in [-0.2, -0.15) is 0 Å². The molecule has 5 heteroatoms. The van der Waals surface area contributed by atoms with Crippen molar-refractivity contribution >= 4 is 17.5 Å². The van der Waals surface area contributed by atoms with E-state index in [0.29, 0.717) is 19.3 Å². The molecule has 0 N–H and O–H groups in total. The number of nitrogens with zero attached hydrogens (tertiary/aromatic N) is 2. The van der Waals surface area contributed by atoms with Gasteiger partial charge in [0.25, 0.3) is 0 Å². The third kappa shape index (κ3) is 4.67. The maximum atomic E-state index is 13.3. The fraction of sp³-hybridized carbons (Fsp3) is 0.417. The number of ether oxygens (including phenoxy) is 1. The molecule has 1 heterocycles. The van der Waals surface area contributed by atoms with Crippen LogP contribution in [-0.4, -0.2) is 44.0 Å². The Morgan fingerprint density at radius 1 is 1.14 bits per heavy atom. The first kappa shape index (κ1) is 21.1. The average molecular weight is 395 g/mol. The summed E-state index contributed by atoms with van der Waals surface area (Å²) >= 11 is 0. The summed E-state index contributed by atoms with van der Waals surface area (Å²) in [5.41, 5.74) is 3.16. The minimum Gasteiger partial charge on any atom is -0.378 e. The Morgan fingerprint density at radius 2 is 1.79 bits per heavy atom. The molecule has 3 rings (SSSR count). The van der Waals surface area contributed by atoms with Crippen LogP contribution in [0.15, 0.2) is 54.6 Å². The molecule has 0 aliphatic carbocycles. The van der Waals surface area contributed by atoms with E-state index in [1.54, 1.807) is 7.11 Å². The molecule has 0 saturated carbocycles. The number of carbonyl (C=O) groups is 2. The van der Waals surface area contributed by atoms with E-state index in [4.69, 9.17) is 4.74 Å². The van der Waals surface area contributed by atoms with Crippen molar-refractivity contribution in [1.82, 2.24) is 4.90 Å². The Kier molecular flexibility index (Phi) is 6.70. The number of amides is 2. The number of methoxy groups -OCH3 is 1. The van der Waals surface area contributed by atoms with Gasteiger partial charge in [-0.05, 0) is 36.1 Å². The average Bonchev–Trinajstić information content (AvgIpc) is 3.09. The van der Waals surface area contributed by atoms with Crippen LogP contribution >= 0.6 is 0 Å². The van der Waals surface area contributed by atoms with Gasteiger partial charge < -0.3 is 9.64 Å². The molecule has 2 aromatic rings. The molecule has 0 radical (unpaired) electrons. The lowest BCUT2D eigenvalue weighted by Crippen LogP contribution is -2.44. The summed E-state index contributed by atoms with van der Waals surface area (Å²) in [4.78, 5) is 29.4. The highest BCUT2D eigenvalue weighted by Crippen LogP contribution is 2.32. The van der Waals surface area contributed by atoms with Gasteiger partial charge in [0.15, 0.2) is 0 Å². The van der Waals surface area contributed by atoms with Gasteiger partial charge in [0.05, 0.1) is 12.0 Å².